The Kier molecular flexibility index (Phi) is 7.06. The van der Waals surface area contributed by atoms with E-state index >= 15 is 0 Å². The number of aliphatic carboxylic acids is 1. The summed E-state index contributed by atoms with van der Waals surface area (Å²) < 4.78 is 50.9. The quantitative estimate of drug-likeness (QED) is 0.722. The number of benzene rings is 1. The van der Waals surface area contributed by atoms with E-state index in [4.69, 9.17) is 14.6 Å². The summed E-state index contributed by atoms with van der Waals surface area (Å²) in [5.74, 6) is -1.76. The highest BCUT2D eigenvalue weighted by atomic mass is 19.4. The van der Waals surface area contributed by atoms with Crippen LogP contribution in [0.1, 0.15) is 32.0 Å². The van der Waals surface area contributed by atoms with Gasteiger partial charge in [0, 0.05) is 36.6 Å². The Morgan fingerprint density at radius 3 is 2.47 bits per heavy atom. The van der Waals surface area contributed by atoms with E-state index in [1.165, 1.54) is 13.2 Å². The van der Waals surface area contributed by atoms with E-state index in [2.05, 4.69) is 9.97 Å². The monoisotopic (exact) mass is 431 g/mol. The predicted molar refractivity (Wildman–Crippen MR) is 98.4 cm³/mol. The lowest BCUT2D eigenvalue weighted by Crippen LogP contribution is -2.31. The van der Waals surface area contributed by atoms with Crippen LogP contribution in [0.25, 0.3) is 11.3 Å². The minimum absolute atomic E-state index is 0.0277. The van der Waals surface area contributed by atoms with Crippen molar-refractivity contribution in [1.82, 2.24) is 14.9 Å². The molecule has 7 nitrogen and oxygen atoms in total. The van der Waals surface area contributed by atoms with Gasteiger partial charge in [-0.25, -0.2) is 14.2 Å². The second kappa shape index (κ2) is 9.14. The zero-order valence-corrected chi connectivity index (χ0v) is 16.5. The maximum Gasteiger partial charge on any atom is 0.490 e. The van der Waals surface area contributed by atoms with Crippen molar-refractivity contribution in [2.24, 2.45) is 0 Å². The van der Waals surface area contributed by atoms with E-state index in [9.17, 15) is 22.4 Å². The number of H-pyrrole nitrogens is 1. The van der Waals surface area contributed by atoms with Crippen LogP contribution in [0, 0.1) is 5.82 Å². The van der Waals surface area contributed by atoms with Crippen molar-refractivity contribution in [3.8, 4) is 17.0 Å². The van der Waals surface area contributed by atoms with E-state index in [-0.39, 0.29) is 23.7 Å². The highest BCUT2D eigenvalue weighted by Crippen LogP contribution is 2.30. The minimum Gasteiger partial charge on any atom is -0.497 e. The molecule has 1 saturated heterocycles. The Hall–Kier alpha value is -3.11. The molecule has 3 rings (SSSR count). The first-order chi connectivity index (χ1) is 13.9. The Balaban J connectivity index is 0.000000396. The van der Waals surface area contributed by atoms with Crippen LogP contribution in [0.2, 0.25) is 0 Å². The third-order valence-electron chi connectivity index (χ3n) is 4.47. The number of carbonyl (C=O) groups is 2. The van der Waals surface area contributed by atoms with Crippen molar-refractivity contribution in [3.05, 3.63) is 36.0 Å². The fraction of sp³-hybridized carbons (Fsp3) is 0.421. The first-order valence-corrected chi connectivity index (χ1v) is 8.92. The molecule has 0 bridgehead atoms. The first-order valence-electron chi connectivity index (χ1n) is 8.92. The molecule has 1 amide bonds. The van der Waals surface area contributed by atoms with Crippen molar-refractivity contribution >= 4 is 11.9 Å². The van der Waals surface area contributed by atoms with Gasteiger partial charge in [-0.05, 0) is 26.0 Å². The van der Waals surface area contributed by atoms with E-state index in [1.807, 2.05) is 18.7 Å². The van der Waals surface area contributed by atoms with E-state index < -0.39 is 12.1 Å². The summed E-state index contributed by atoms with van der Waals surface area (Å²) in [6, 6.07) is 4.89. The maximum absolute atomic E-state index is 14.1. The lowest BCUT2D eigenvalue weighted by molar-refractivity contribution is -0.192. The fourth-order valence-electron chi connectivity index (χ4n) is 2.94. The first kappa shape index (κ1) is 23.2. The van der Waals surface area contributed by atoms with Gasteiger partial charge in [-0.15, -0.1) is 0 Å². The van der Waals surface area contributed by atoms with Gasteiger partial charge in [-0.2, -0.15) is 13.2 Å². The Bertz CT molecular complexity index is 911. The number of imidazole rings is 1. The van der Waals surface area contributed by atoms with E-state index in [0.717, 1.165) is 5.82 Å². The highest BCUT2D eigenvalue weighted by molar-refractivity contribution is 5.80. The van der Waals surface area contributed by atoms with Gasteiger partial charge in [-0.1, -0.05) is 0 Å². The molecule has 0 radical (unpaired) electrons. The molecule has 0 saturated carbocycles. The maximum atomic E-state index is 14.1. The van der Waals surface area contributed by atoms with Crippen LogP contribution in [0.15, 0.2) is 24.4 Å². The second-order valence-corrected chi connectivity index (χ2v) is 6.87. The number of carboxylic acids is 1. The third-order valence-corrected chi connectivity index (χ3v) is 4.47. The average Bonchev–Trinajstić information content (AvgIpc) is 3.28. The molecule has 11 heteroatoms. The molecule has 1 aromatic carbocycles. The number of hydrogen-bond acceptors (Lipinski definition) is 4. The summed E-state index contributed by atoms with van der Waals surface area (Å²) in [7, 11) is 1.50. The van der Waals surface area contributed by atoms with Crippen molar-refractivity contribution in [3.63, 3.8) is 0 Å². The van der Waals surface area contributed by atoms with E-state index in [1.54, 1.807) is 18.3 Å². The van der Waals surface area contributed by atoms with Crippen LogP contribution in [0.4, 0.5) is 17.6 Å². The normalized spacial score (nSPS) is 16.5. The number of carboxylic acid groups (broad SMARTS) is 1. The standard InChI is InChI=1S/C17H20FN3O2.C2HF3O2/c1-10(2)21-9-11(6-16(21)22)17-19-8-15(20-17)13-5-4-12(23-3)7-14(13)18;3-2(4,5)1(6)7/h4-5,7-8,10-11H,6,9H2,1-3H3,(H,19,20);(H,6,7). The van der Waals surface area contributed by atoms with Crippen molar-refractivity contribution in [2.75, 3.05) is 13.7 Å². The number of ether oxygens (including phenoxy) is 1. The van der Waals surface area contributed by atoms with Gasteiger partial charge in [-0.3, -0.25) is 4.79 Å². The lowest BCUT2D eigenvalue weighted by Gasteiger charge is -2.20. The Morgan fingerprint density at radius 1 is 1.37 bits per heavy atom. The van der Waals surface area contributed by atoms with Gasteiger partial charge in [0.2, 0.25) is 5.91 Å². The molecule has 1 unspecified atom stereocenters. The molecule has 2 heterocycles. The molecule has 2 aromatic rings. The predicted octanol–water partition coefficient (Wildman–Crippen LogP) is 3.58. The molecule has 1 aliphatic rings. The van der Waals surface area contributed by atoms with Crippen molar-refractivity contribution < 1.29 is 37.0 Å². The molecular formula is C19H21F4N3O4. The molecule has 1 aromatic heterocycles. The van der Waals surface area contributed by atoms with Gasteiger partial charge in [0.15, 0.2) is 0 Å². The Labute approximate surface area is 169 Å². The number of nitrogens with zero attached hydrogens (tertiary/aromatic N) is 2. The number of aromatic nitrogens is 2. The summed E-state index contributed by atoms with van der Waals surface area (Å²) in [5.41, 5.74) is 1.05. The number of nitrogens with one attached hydrogen (secondary N) is 1. The van der Waals surface area contributed by atoms with Gasteiger partial charge in [0.25, 0.3) is 0 Å². The SMILES string of the molecule is COc1ccc(-c2cnc(C3CC(=O)N(C(C)C)C3)[nH]2)c(F)c1.O=C(O)C(F)(F)F. The smallest absolute Gasteiger partial charge is 0.490 e. The molecule has 0 spiro atoms. The molecule has 1 atom stereocenters. The number of methoxy groups -OCH3 is 1. The lowest BCUT2D eigenvalue weighted by atomic mass is 10.1. The number of aromatic amines is 1. The highest BCUT2D eigenvalue weighted by Gasteiger charge is 2.38. The number of alkyl halides is 3. The van der Waals surface area contributed by atoms with Crippen LogP contribution in [-0.4, -0.2) is 57.7 Å². The van der Waals surface area contributed by atoms with Crippen LogP contribution >= 0.6 is 0 Å². The average molecular weight is 431 g/mol. The number of hydrogen-bond donors (Lipinski definition) is 2. The fourth-order valence-corrected chi connectivity index (χ4v) is 2.94. The van der Waals surface area contributed by atoms with Gasteiger partial charge in [0.1, 0.15) is 17.4 Å². The summed E-state index contributed by atoms with van der Waals surface area (Å²) in [5, 5.41) is 7.12. The largest absolute Gasteiger partial charge is 0.497 e. The van der Waals surface area contributed by atoms with E-state index in [0.29, 0.717) is 30.0 Å². The number of rotatable bonds is 4. The second-order valence-electron chi connectivity index (χ2n) is 6.87. The molecule has 1 aliphatic heterocycles. The molecule has 0 aliphatic carbocycles. The van der Waals surface area contributed by atoms with Gasteiger partial charge in [0.05, 0.1) is 19.0 Å². The zero-order chi connectivity index (χ0) is 22.6. The summed E-state index contributed by atoms with van der Waals surface area (Å²) in [4.78, 5) is 30.3. The van der Waals surface area contributed by atoms with Crippen molar-refractivity contribution in [1.29, 1.82) is 0 Å². The van der Waals surface area contributed by atoms with Gasteiger partial charge >= 0.3 is 12.1 Å². The number of halogens is 4. The number of carbonyl (C=O) groups excluding carboxylic acids is 1. The van der Waals surface area contributed by atoms with Crippen LogP contribution in [0.5, 0.6) is 5.75 Å². The molecule has 30 heavy (non-hydrogen) atoms. The van der Waals surface area contributed by atoms with Crippen LogP contribution in [-0.2, 0) is 9.59 Å². The minimum atomic E-state index is -5.08. The third kappa shape index (κ3) is 5.49. The molecule has 164 valence electrons. The topological polar surface area (TPSA) is 95.5 Å². The number of amides is 1. The summed E-state index contributed by atoms with van der Waals surface area (Å²) in [6.45, 7) is 4.65. The van der Waals surface area contributed by atoms with Crippen LogP contribution < -0.4 is 4.74 Å². The van der Waals surface area contributed by atoms with Crippen LogP contribution in [0.3, 0.4) is 0 Å². The zero-order valence-electron chi connectivity index (χ0n) is 16.5. The number of likely N-dealkylation sites (tertiary alicyclic amines) is 1. The molecular weight excluding hydrogens is 410 g/mol. The van der Waals surface area contributed by atoms with Gasteiger partial charge < -0.3 is 19.7 Å². The van der Waals surface area contributed by atoms with Crippen molar-refractivity contribution in [2.45, 2.75) is 38.4 Å². The Morgan fingerprint density at radius 2 is 2.00 bits per heavy atom. The molecule has 1 fully saturated rings. The summed E-state index contributed by atoms with van der Waals surface area (Å²) >= 11 is 0. The summed E-state index contributed by atoms with van der Waals surface area (Å²) in [6.07, 6.45) is -3.03. The molecule has 2 N–H and O–H groups in total.